The van der Waals surface area contributed by atoms with E-state index in [-0.39, 0.29) is 11.5 Å². The Bertz CT molecular complexity index is 629. The minimum Gasteiger partial charge on any atom is -0.208 e. The number of hydrogen-bond donors (Lipinski definition) is 1. The van der Waals surface area contributed by atoms with Crippen LogP contribution in [-0.2, 0) is 10.0 Å². The summed E-state index contributed by atoms with van der Waals surface area (Å²) < 4.78 is 65.9. The molecular weight excluding hydrogens is 291 g/mol. The zero-order valence-corrected chi connectivity index (χ0v) is 12.0. The molecule has 0 saturated heterocycles. The van der Waals surface area contributed by atoms with Crippen LogP contribution in [0.3, 0.4) is 0 Å². The standard InChI is InChI=1S/C13H16F3NO2S/c1-13(2)6-5-8(7-13)17-20(18,19)10-4-3-9(14)11(15)12(10)16/h3-4,8,17H,5-7H2,1-2H3. The van der Waals surface area contributed by atoms with Gasteiger partial charge in [-0.05, 0) is 36.8 Å². The number of rotatable bonds is 3. The largest absolute Gasteiger partial charge is 0.243 e. The first kappa shape index (κ1) is 15.3. The van der Waals surface area contributed by atoms with Gasteiger partial charge in [-0.15, -0.1) is 0 Å². The van der Waals surface area contributed by atoms with Gasteiger partial charge in [0.1, 0.15) is 4.90 Å². The zero-order chi connectivity index (χ0) is 15.1. The van der Waals surface area contributed by atoms with Gasteiger partial charge in [-0.2, -0.15) is 0 Å². The second-order valence-corrected chi connectivity index (χ2v) is 7.58. The molecule has 0 aromatic heterocycles. The molecule has 0 heterocycles. The van der Waals surface area contributed by atoms with Crippen molar-refractivity contribution in [1.29, 1.82) is 0 Å². The molecule has 0 spiro atoms. The summed E-state index contributed by atoms with van der Waals surface area (Å²) in [4.78, 5) is -0.860. The van der Waals surface area contributed by atoms with E-state index < -0.39 is 32.4 Å². The average Bonchev–Trinajstić information content (AvgIpc) is 2.64. The number of sulfonamides is 1. The first-order chi connectivity index (χ1) is 9.12. The second kappa shape index (κ2) is 5.04. The molecule has 1 aliphatic rings. The molecule has 1 atom stereocenters. The Hall–Kier alpha value is -1.08. The molecule has 1 unspecified atom stereocenters. The lowest BCUT2D eigenvalue weighted by Gasteiger charge is -2.18. The fourth-order valence-corrected chi connectivity index (χ4v) is 3.88. The van der Waals surface area contributed by atoms with Crippen LogP contribution in [0.15, 0.2) is 17.0 Å². The van der Waals surface area contributed by atoms with Crippen LogP contribution in [0.5, 0.6) is 0 Å². The topological polar surface area (TPSA) is 46.2 Å². The van der Waals surface area contributed by atoms with E-state index in [0.717, 1.165) is 12.5 Å². The second-order valence-electron chi connectivity index (χ2n) is 5.90. The molecule has 2 rings (SSSR count). The van der Waals surface area contributed by atoms with Gasteiger partial charge in [0, 0.05) is 6.04 Å². The van der Waals surface area contributed by atoms with Gasteiger partial charge in [0.05, 0.1) is 0 Å². The quantitative estimate of drug-likeness (QED) is 0.873. The molecule has 20 heavy (non-hydrogen) atoms. The van der Waals surface area contributed by atoms with Crippen LogP contribution >= 0.6 is 0 Å². The molecule has 1 saturated carbocycles. The molecule has 1 fully saturated rings. The van der Waals surface area contributed by atoms with Gasteiger partial charge >= 0.3 is 0 Å². The van der Waals surface area contributed by atoms with Crippen LogP contribution in [0.1, 0.15) is 33.1 Å². The normalized spacial score (nSPS) is 22.1. The first-order valence-electron chi connectivity index (χ1n) is 6.28. The fraction of sp³-hybridized carbons (Fsp3) is 0.538. The molecule has 0 amide bonds. The maximum absolute atomic E-state index is 13.5. The highest BCUT2D eigenvalue weighted by atomic mass is 32.2. The van der Waals surface area contributed by atoms with Crippen molar-refractivity contribution in [3.8, 4) is 0 Å². The number of hydrogen-bond acceptors (Lipinski definition) is 2. The van der Waals surface area contributed by atoms with Crippen LogP contribution in [0, 0.1) is 22.9 Å². The predicted molar refractivity (Wildman–Crippen MR) is 68.1 cm³/mol. The third kappa shape index (κ3) is 2.98. The van der Waals surface area contributed by atoms with E-state index in [1.807, 2.05) is 13.8 Å². The molecule has 0 bridgehead atoms. The van der Waals surface area contributed by atoms with Gasteiger partial charge in [-0.3, -0.25) is 0 Å². The molecule has 1 aromatic rings. The summed E-state index contributed by atoms with van der Waals surface area (Å²) in [5, 5.41) is 0. The third-order valence-electron chi connectivity index (χ3n) is 3.58. The maximum Gasteiger partial charge on any atom is 0.243 e. The molecule has 0 aliphatic heterocycles. The summed E-state index contributed by atoms with van der Waals surface area (Å²) in [6, 6.07) is 1.02. The monoisotopic (exact) mass is 307 g/mol. The molecule has 112 valence electrons. The Morgan fingerprint density at radius 2 is 1.85 bits per heavy atom. The van der Waals surface area contributed by atoms with Crippen molar-refractivity contribution in [1.82, 2.24) is 4.72 Å². The maximum atomic E-state index is 13.5. The average molecular weight is 307 g/mol. The summed E-state index contributed by atoms with van der Waals surface area (Å²) in [5.41, 5.74) is 0.0137. The van der Waals surface area contributed by atoms with Crippen LogP contribution in [0.4, 0.5) is 13.2 Å². The summed E-state index contributed by atoms with van der Waals surface area (Å²) in [7, 11) is -4.20. The third-order valence-corrected chi connectivity index (χ3v) is 5.12. The Labute approximate surface area is 116 Å². The smallest absolute Gasteiger partial charge is 0.208 e. The van der Waals surface area contributed by atoms with E-state index in [1.54, 1.807) is 0 Å². The van der Waals surface area contributed by atoms with Crippen molar-refractivity contribution in [2.24, 2.45) is 5.41 Å². The highest BCUT2D eigenvalue weighted by Crippen LogP contribution is 2.37. The summed E-state index contributed by atoms with van der Waals surface area (Å²) in [6.45, 7) is 4.03. The highest BCUT2D eigenvalue weighted by molar-refractivity contribution is 7.89. The first-order valence-corrected chi connectivity index (χ1v) is 7.76. The molecule has 1 aliphatic carbocycles. The van der Waals surface area contributed by atoms with E-state index in [2.05, 4.69) is 4.72 Å². The van der Waals surface area contributed by atoms with Gasteiger partial charge in [0.2, 0.25) is 10.0 Å². The summed E-state index contributed by atoms with van der Waals surface area (Å²) in [5.74, 6) is -4.88. The van der Waals surface area contributed by atoms with Gasteiger partial charge in [-0.25, -0.2) is 26.3 Å². The Balaban J connectivity index is 2.26. The van der Waals surface area contributed by atoms with Crippen LogP contribution in [-0.4, -0.2) is 14.5 Å². The molecule has 1 aromatic carbocycles. The van der Waals surface area contributed by atoms with Gasteiger partial charge in [0.15, 0.2) is 17.5 Å². The zero-order valence-electron chi connectivity index (χ0n) is 11.2. The van der Waals surface area contributed by atoms with Crippen molar-refractivity contribution >= 4 is 10.0 Å². The SMILES string of the molecule is CC1(C)CCC(NS(=O)(=O)c2ccc(F)c(F)c2F)C1. The molecule has 7 heteroatoms. The minimum atomic E-state index is -4.20. The molecule has 1 N–H and O–H groups in total. The van der Waals surface area contributed by atoms with Gasteiger partial charge in [-0.1, -0.05) is 13.8 Å². The molecular formula is C13H16F3NO2S. The van der Waals surface area contributed by atoms with E-state index in [0.29, 0.717) is 18.9 Å². The van der Waals surface area contributed by atoms with Gasteiger partial charge < -0.3 is 0 Å². The Morgan fingerprint density at radius 3 is 2.40 bits per heavy atom. The Morgan fingerprint density at radius 1 is 1.20 bits per heavy atom. The van der Waals surface area contributed by atoms with Crippen LogP contribution in [0.25, 0.3) is 0 Å². The lowest BCUT2D eigenvalue weighted by atomic mass is 9.92. The Kier molecular flexibility index (Phi) is 3.85. The van der Waals surface area contributed by atoms with E-state index in [9.17, 15) is 21.6 Å². The molecule has 0 radical (unpaired) electrons. The molecule has 3 nitrogen and oxygen atoms in total. The van der Waals surface area contributed by atoms with Gasteiger partial charge in [0.25, 0.3) is 0 Å². The summed E-state index contributed by atoms with van der Waals surface area (Å²) in [6.07, 6.45) is 2.11. The highest BCUT2D eigenvalue weighted by Gasteiger charge is 2.34. The van der Waals surface area contributed by atoms with E-state index in [4.69, 9.17) is 0 Å². The summed E-state index contributed by atoms with van der Waals surface area (Å²) >= 11 is 0. The van der Waals surface area contributed by atoms with E-state index in [1.165, 1.54) is 0 Å². The van der Waals surface area contributed by atoms with Crippen LogP contribution in [0.2, 0.25) is 0 Å². The van der Waals surface area contributed by atoms with Crippen molar-refractivity contribution in [3.63, 3.8) is 0 Å². The van der Waals surface area contributed by atoms with Crippen LogP contribution < -0.4 is 4.72 Å². The minimum absolute atomic E-state index is 0.0137. The van der Waals surface area contributed by atoms with Crippen molar-refractivity contribution < 1.29 is 21.6 Å². The number of benzene rings is 1. The lowest BCUT2D eigenvalue weighted by molar-refractivity contribution is 0.372. The lowest BCUT2D eigenvalue weighted by Crippen LogP contribution is -2.34. The predicted octanol–water partition coefficient (Wildman–Crippen LogP) is 2.96. The number of nitrogens with one attached hydrogen (secondary N) is 1. The van der Waals surface area contributed by atoms with Crippen molar-refractivity contribution in [2.45, 2.75) is 44.0 Å². The number of halogens is 3. The van der Waals surface area contributed by atoms with Crippen molar-refractivity contribution in [2.75, 3.05) is 0 Å². The van der Waals surface area contributed by atoms with E-state index >= 15 is 0 Å². The van der Waals surface area contributed by atoms with Crippen molar-refractivity contribution in [3.05, 3.63) is 29.6 Å². The fourth-order valence-electron chi connectivity index (χ4n) is 2.54.